The highest BCUT2D eigenvalue weighted by Gasteiger charge is 2.08. The van der Waals surface area contributed by atoms with Gasteiger partial charge in [0.05, 0.1) is 50.8 Å². The van der Waals surface area contributed by atoms with E-state index in [0.717, 1.165) is 13.0 Å². The molecule has 0 aliphatic rings. The van der Waals surface area contributed by atoms with Gasteiger partial charge in [0.1, 0.15) is 0 Å². The molecule has 0 heterocycles. The Morgan fingerprint density at radius 2 is 1.04 bits per heavy atom. The minimum atomic E-state index is -0.100. The van der Waals surface area contributed by atoms with Crippen LogP contribution in [0.1, 0.15) is 62.3 Å². The summed E-state index contributed by atoms with van der Waals surface area (Å²) in [6.45, 7) is 17.9. The number of aliphatic hydroxyl groups is 1. The predicted molar refractivity (Wildman–Crippen MR) is 97.2 cm³/mol. The maximum atomic E-state index is 8.41. The molecule has 0 fully saturated rings. The summed E-state index contributed by atoms with van der Waals surface area (Å²) in [4.78, 5) is 0. The zero-order valence-corrected chi connectivity index (χ0v) is 15.7. The van der Waals surface area contributed by atoms with E-state index >= 15 is 0 Å². The van der Waals surface area contributed by atoms with E-state index in [4.69, 9.17) is 24.1 Å². The van der Waals surface area contributed by atoms with Gasteiger partial charge in [-0.3, -0.25) is 0 Å². The fourth-order valence-electron chi connectivity index (χ4n) is 1.20. The first-order valence-corrected chi connectivity index (χ1v) is 8.16. The van der Waals surface area contributed by atoms with Gasteiger partial charge in [0.15, 0.2) is 0 Å². The first kappa shape index (κ1) is 27.6. The normalized spacial score (nSPS) is 11.5. The molecule has 0 aliphatic carbocycles. The molecule has 5 heteroatoms. The summed E-state index contributed by atoms with van der Waals surface area (Å²) in [6, 6.07) is 0. The summed E-state index contributed by atoms with van der Waals surface area (Å²) in [5.41, 5.74) is -0.0489. The molecule has 0 aliphatic heterocycles. The van der Waals surface area contributed by atoms with E-state index in [1.165, 1.54) is 0 Å². The van der Waals surface area contributed by atoms with E-state index in [1.807, 2.05) is 20.8 Å². The summed E-state index contributed by atoms with van der Waals surface area (Å²) in [5.74, 6) is 0. The molecule has 0 aromatic rings. The highest BCUT2D eigenvalue weighted by atomic mass is 16.6. The second-order valence-electron chi connectivity index (χ2n) is 6.87. The summed E-state index contributed by atoms with van der Waals surface area (Å²) in [7, 11) is 0. The molecule has 0 bridgehead atoms. The Balaban J connectivity index is -0.000000382. The topological polar surface area (TPSA) is 57.2 Å². The maximum Gasteiger partial charge on any atom is 0.0707 e. The molecule has 0 saturated carbocycles. The Hall–Kier alpha value is -0.200. The number of aliphatic hydroxyl groups excluding tert-OH is 1. The lowest BCUT2D eigenvalue weighted by Gasteiger charge is -2.19. The second kappa shape index (κ2) is 16.7. The van der Waals surface area contributed by atoms with Crippen LogP contribution in [-0.2, 0) is 18.9 Å². The van der Waals surface area contributed by atoms with E-state index in [0.29, 0.717) is 33.0 Å². The summed E-state index contributed by atoms with van der Waals surface area (Å²) < 4.78 is 21.1. The molecule has 0 rings (SSSR count). The lowest BCUT2D eigenvalue weighted by Crippen LogP contribution is -2.22. The molecular weight excluding hydrogens is 296 g/mol. The van der Waals surface area contributed by atoms with Crippen LogP contribution < -0.4 is 0 Å². The standard InChI is InChI=1S/C10H22O4.C7H16O.CH4/c1-10(2,3)14-9-8-13-7-6-12-5-4-11;1-5-6-8-7(2,3)4;/h11H,4-9H2,1-3H3;5-6H2,1-4H3;1H4. The molecule has 5 nitrogen and oxygen atoms in total. The van der Waals surface area contributed by atoms with Crippen LogP contribution in [-0.4, -0.2) is 62.6 Å². The van der Waals surface area contributed by atoms with E-state index < -0.39 is 0 Å². The average Bonchev–Trinajstić information content (AvgIpc) is 2.38. The molecular formula is C18H42O5. The van der Waals surface area contributed by atoms with Crippen LogP contribution in [0.5, 0.6) is 0 Å². The third-order valence-corrected chi connectivity index (χ3v) is 2.11. The number of rotatable bonds is 10. The van der Waals surface area contributed by atoms with Crippen molar-refractivity contribution in [2.45, 2.75) is 73.5 Å². The zero-order chi connectivity index (χ0) is 17.5. The van der Waals surface area contributed by atoms with Gasteiger partial charge in [-0.2, -0.15) is 0 Å². The van der Waals surface area contributed by atoms with Crippen molar-refractivity contribution in [3.05, 3.63) is 0 Å². The van der Waals surface area contributed by atoms with E-state index in [1.54, 1.807) is 0 Å². The Labute approximate surface area is 144 Å². The van der Waals surface area contributed by atoms with Crippen LogP contribution in [0.2, 0.25) is 0 Å². The Bertz CT molecular complexity index is 218. The summed E-state index contributed by atoms with van der Waals surface area (Å²) in [5, 5.41) is 8.41. The number of hydrogen-bond acceptors (Lipinski definition) is 5. The van der Waals surface area contributed by atoms with E-state index in [2.05, 4.69) is 27.7 Å². The fourth-order valence-corrected chi connectivity index (χ4v) is 1.20. The molecule has 144 valence electrons. The maximum absolute atomic E-state index is 8.41. The molecule has 0 radical (unpaired) electrons. The molecule has 23 heavy (non-hydrogen) atoms. The lowest BCUT2D eigenvalue weighted by atomic mass is 10.2. The van der Waals surface area contributed by atoms with Gasteiger partial charge in [0.25, 0.3) is 0 Å². The quantitative estimate of drug-likeness (QED) is 0.616. The van der Waals surface area contributed by atoms with Crippen LogP contribution in [0.15, 0.2) is 0 Å². The first-order valence-electron chi connectivity index (χ1n) is 8.16. The third kappa shape index (κ3) is 34.2. The average molecular weight is 339 g/mol. The van der Waals surface area contributed by atoms with Gasteiger partial charge in [0.2, 0.25) is 0 Å². The van der Waals surface area contributed by atoms with Crippen molar-refractivity contribution in [1.82, 2.24) is 0 Å². The summed E-state index contributed by atoms with van der Waals surface area (Å²) >= 11 is 0. The fraction of sp³-hybridized carbons (Fsp3) is 1.00. The molecule has 1 N–H and O–H groups in total. The van der Waals surface area contributed by atoms with Crippen LogP contribution in [0.4, 0.5) is 0 Å². The van der Waals surface area contributed by atoms with E-state index in [9.17, 15) is 0 Å². The van der Waals surface area contributed by atoms with Gasteiger partial charge in [0, 0.05) is 6.61 Å². The Kier molecular flexibility index (Phi) is 20.0. The molecule has 0 aromatic heterocycles. The van der Waals surface area contributed by atoms with Gasteiger partial charge in [-0.25, -0.2) is 0 Å². The van der Waals surface area contributed by atoms with Crippen LogP contribution in [0.25, 0.3) is 0 Å². The monoisotopic (exact) mass is 338 g/mol. The van der Waals surface area contributed by atoms with E-state index in [-0.39, 0.29) is 25.2 Å². The van der Waals surface area contributed by atoms with Crippen LogP contribution in [0.3, 0.4) is 0 Å². The van der Waals surface area contributed by atoms with Gasteiger partial charge in [-0.1, -0.05) is 14.4 Å². The van der Waals surface area contributed by atoms with Crippen molar-refractivity contribution < 1.29 is 24.1 Å². The van der Waals surface area contributed by atoms with Gasteiger partial charge in [-0.05, 0) is 48.0 Å². The molecule has 0 unspecified atom stereocenters. The van der Waals surface area contributed by atoms with Gasteiger partial charge < -0.3 is 24.1 Å². The van der Waals surface area contributed by atoms with Gasteiger partial charge >= 0.3 is 0 Å². The SMILES string of the molecule is C.CC(C)(C)OCCOCCOCCO.CCCOC(C)(C)C. The zero-order valence-electron chi connectivity index (χ0n) is 15.7. The van der Waals surface area contributed by atoms with Crippen LogP contribution in [0, 0.1) is 0 Å². The first-order chi connectivity index (χ1) is 10.1. The second-order valence-corrected chi connectivity index (χ2v) is 6.87. The van der Waals surface area contributed by atoms with Crippen molar-refractivity contribution in [1.29, 1.82) is 0 Å². The molecule has 0 spiro atoms. The van der Waals surface area contributed by atoms with Crippen molar-refractivity contribution in [2.75, 3.05) is 46.2 Å². The van der Waals surface area contributed by atoms with Crippen molar-refractivity contribution in [3.63, 3.8) is 0 Å². The summed E-state index contributed by atoms with van der Waals surface area (Å²) in [6.07, 6.45) is 1.11. The molecule has 0 atom stereocenters. The highest BCUT2D eigenvalue weighted by molar-refractivity contribution is 4.58. The van der Waals surface area contributed by atoms with Crippen molar-refractivity contribution in [3.8, 4) is 0 Å². The number of hydrogen-bond donors (Lipinski definition) is 1. The lowest BCUT2D eigenvalue weighted by molar-refractivity contribution is -0.0436. The smallest absolute Gasteiger partial charge is 0.0707 e. The highest BCUT2D eigenvalue weighted by Crippen LogP contribution is 2.06. The number of ether oxygens (including phenoxy) is 4. The van der Waals surface area contributed by atoms with Crippen molar-refractivity contribution in [2.24, 2.45) is 0 Å². The Morgan fingerprint density at radius 3 is 1.39 bits per heavy atom. The van der Waals surface area contributed by atoms with Crippen LogP contribution >= 0.6 is 0 Å². The predicted octanol–water partition coefficient (Wildman–Crippen LogP) is 3.67. The largest absolute Gasteiger partial charge is 0.394 e. The minimum absolute atomic E-state index is 0. The van der Waals surface area contributed by atoms with Gasteiger partial charge in [-0.15, -0.1) is 0 Å². The third-order valence-electron chi connectivity index (χ3n) is 2.11. The minimum Gasteiger partial charge on any atom is -0.394 e. The molecule has 0 amide bonds. The Morgan fingerprint density at radius 1 is 0.652 bits per heavy atom. The van der Waals surface area contributed by atoms with Crippen molar-refractivity contribution >= 4 is 0 Å². The molecule has 0 saturated heterocycles. The molecule has 0 aromatic carbocycles.